The molecule has 0 spiro atoms. The van der Waals surface area contributed by atoms with E-state index in [0.29, 0.717) is 5.92 Å². The second-order valence-electron chi connectivity index (χ2n) is 4.51. The fourth-order valence-electron chi connectivity index (χ4n) is 1.99. The summed E-state index contributed by atoms with van der Waals surface area (Å²) >= 11 is 0. The number of nitrogens with one attached hydrogen (secondary N) is 2. The number of nitrogen functional groups attached to an aromatic ring is 1. The van der Waals surface area contributed by atoms with Crippen LogP contribution < -0.4 is 16.6 Å². The van der Waals surface area contributed by atoms with Crippen LogP contribution in [0.15, 0.2) is 6.33 Å². The van der Waals surface area contributed by atoms with E-state index in [9.17, 15) is 0 Å². The number of hydrogen-bond donors (Lipinski definition) is 3. The van der Waals surface area contributed by atoms with Crippen molar-refractivity contribution in [2.24, 2.45) is 11.8 Å². The summed E-state index contributed by atoms with van der Waals surface area (Å²) in [6.07, 6.45) is 5.87. The minimum absolute atomic E-state index is 0.684. The standard InChI is InChI=1S/C13H25N5/c1-4-7-11-12(15-8-10(5-2)6-3)16-9-17-13(11)18-14/h9-10H,4-8,14H2,1-3H3,(H2,15,16,17,18). The Morgan fingerprint density at radius 1 is 1.17 bits per heavy atom. The van der Waals surface area contributed by atoms with E-state index in [4.69, 9.17) is 5.84 Å². The topological polar surface area (TPSA) is 75.9 Å². The molecular weight excluding hydrogens is 226 g/mol. The van der Waals surface area contributed by atoms with E-state index in [1.807, 2.05) is 0 Å². The van der Waals surface area contributed by atoms with Crippen LogP contribution in [0.3, 0.4) is 0 Å². The van der Waals surface area contributed by atoms with Crippen LogP contribution >= 0.6 is 0 Å². The number of hydrogen-bond acceptors (Lipinski definition) is 5. The fourth-order valence-corrected chi connectivity index (χ4v) is 1.99. The summed E-state index contributed by atoms with van der Waals surface area (Å²) in [6.45, 7) is 7.52. The van der Waals surface area contributed by atoms with Gasteiger partial charge in [-0.25, -0.2) is 15.8 Å². The molecule has 1 rings (SSSR count). The van der Waals surface area contributed by atoms with Gasteiger partial charge < -0.3 is 10.7 Å². The molecule has 0 unspecified atom stereocenters. The zero-order valence-electron chi connectivity index (χ0n) is 11.7. The highest BCUT2D eigenvalue weighted by Crippen LogP contribution is 2.21. The Morgan fingerprint density at radius 3 is 2.39 bits per heavy atom. The molecule has 1 heterocycles. The lowest BCUT2D eigenvalue weighted by molar-refractivity contribution is 0.518. The van der Waals surface area contributed by atoms with Crippen LogP contribution in [0.4, 0.5) is 11.6 Å². The first-order valence-corrected chi connectivity index (χ1v) is 6.81. The van der Waals surface area contributed by atoms with Gasteiger partial charge in [-0.3, -0.25) is 0 Å². The van der Waals surface area contributed by atoms with Crippen LogP contribution in [-0.2, 0) is 6.42 Å². The van der Waals surface area contributed by atoms with Gasteiger partial charge in [0, 0.05) is 12.1 Å². The van der Waals surface area contributed by atoms with E-state index in [1.54, 1.807) is 6.33 Å². The first kappa shape index (κ1) is 14.7. The third kappa shape index (κ3) is 3.84. The van der Waals surface area contributed by atoms with Crippen molar-refractivity contribution in [3.05, 3.63) is 11.9 Å². The molecule has 0 radical (unpaired) electrons. The summed E-state index contributed by atoms with van der Waals surface area (Å²) in [6, 6.07) is 0. The van der Waals surface area contributed by atoms with E-state index >= 15 is 0 Å². The number of aromatic nitrogens is 2. The van der Waals surface area contributed by atoms with Crippen molar-refractivity contribution in [2.45, 2.75) is 46.5 Å². The molecule has 18 heavy (non-hydrogen) atoms. The largest absolute Gasteiger partial charge is 0.369 e. The van der Waals surface area contributed by atoms with Crippen LogP contribution in [0, 0.1) is 5.92 Å². The van der Waals surface area contributed by atoms with E-state index in [-0.39, 0.29) is 0 Å². The van der Waals surface area contributed by atoms with Gasteiger partial charge in [0.25, 0.3) is 0 Å². The second kappa shape index (κ2) is 7.87. The quantitative estimate of drug-likeness (QED) is 0.489. The van der Waals surface area contributed by atoms with Crippen LogP contribution in [0.5, 0.6) is 0 Å². The highest BCUT2D eigenvalue weighted by molar-refractivity contribution is 5.56. The Labute approximate surface area is 110 Å². The summed E-state index contributed by atoms with van der Waals surface area (Å²) in [5.74, 6) is 7.80. The molecule has 102 valence electrons. The fraction of sp³-hybridized carbons (Fsp3) is 0.692. The maximum absolute atomic E-state index is 5.49. The van der Waals surface area contributed by atoms with Crippen molar-refractivity contribution < 1.29 is 0 Å². The van der Waals surface area contributed by atoms with E-state index in [1.165, 1.54) is 12.8 Å². The molecule has 0 aliphatic heterocycles. The van der Waals surface area contributed by atoms with Crippen LogP contribution in [0.25, 0.3) is 0 Å². The minimum Gasteiger partial charge on any atom is -0.369 e. The van der Waals surface area contributed by atoms with Crippen molar-refractivity contribution in [3.8, 4) is 0 Å². The second-order valence-corrected chi connectivity index (χ2v) is 4.51. The first-order valence-electron chi connectivity index (χ1n) is 6.81. The molecule has 0 fully saturated rings. The third-order valence-corrected chi connectivity index (χ3v) is 3.29. The van der Waals surface area contributed by atoms with Gasteiger partial charge in [0.15, 0.2) is 0 Å². The summed E-state index contributed by atoms with van der Waals surface area (Å²) in [7, 11) is 0. The third-order valence-electron chi connectivity index (χ3n) is 3.29. The van der Waals surface area contributed by atoms with Crippen molar-refractivity contribution in [1.29, 1.82) is 0 Å². The Hall–Kier alpha value is -1.36. The highest BCUT2D eigenvalue weighted by atomic mass is 15.3. The minimum atomic E-state index is 0.684. The van der Waals surface area contributed by atoms with Gasteiger partial charge in [-0.15, -0.1) is 0 Å². The van der Waals surface area contributed by atoms with Gasteiger partial charge in [0.05, 0.1) is 0 Å². The Morgan fingerprint density at radius 2 is 1.83 bits per heavy atom. The Kier molecular flexibility index (Phi) is 6.43. The van der Waals surface area contributed by atoms with Crippen LogP contribution in [0.1, 0.15) is 45.6 Å². The Balaban J connectivity index is 2.80. The molecule has 0 amide bonds. The van der Waals surface area contributed by atoms with Gasteiger partial charge in [0.1, 0.15) is 18.0 Å². The number of anilines is 2. The molecule has 0 aromatic carbocycles. The highest BCUT2D eigenvalue weighted by Gasteiger charge is 2.11. The maximum Gasteiger partial charge on any atom is 0.148 e. The average Bonchev–Trinajstić information content (AvgIpc) is 2.41. The molecule has 1 aromatic rings. The molecule has 0 aliphatic carbocycles. The first-order chi connectivity index (χ1) is 8.76. The summed E-state index contributed by atoms with van der Waals surface area (Å²) in [4.78, 5) is 8.49. The smallest absolute Gasteiger partial charge is 0.148 e. The maximum atomic E-state index is 5.49. The molecule has 0 saturated carbocycles. The zero-order chi connectivity index (χ0) is 13.4. The average molecular weight is 251 g/mol. The van der Waals surface area contributed by atoms with Crippen molar-refractivity contribution in [3.63, 3.8) is 0 Å². The number of nitrogens with zero attached hydrogens (tertiary/aromatic N) is 2. The molecular formula is C13H25N5. The van der Waals surface area contributed by atoms with Gasteiger partial charge in [0.2, 0.25) is 0 Å². The van der Waals surface area contributed by atoms with E-state index < -0.39 is 0 Å². The predicted octanol–water partition coefficient (Wildman–Crippen LogP) is 2.56. The number of rotatable bonds is 8. The molecule has 5 heteroatoms. The lowest BCUT2D eigenvalue weighted by Crippen LogP contribution is -2.17. The lowest BCUT2D eigenvalue weighted by Gasteiger charge is -2.17. The van der Waals surface area contributed by atoms with Crippen LogP contribution in [-0.4, -0.2) is 16.5 Å². The SMILES string of the molecule is CCCc1c(NN)ncnc1NCC(CC)CC. The molecule has 4 N–H and O–H groups in total. The van der Waals surface area contributed by atoms with Crippen molar-refractivity contribution in [1.82, 2.24) is 9.97 Å². The van der Waals surface area contributed by atoms with E-state index in [2.05, 4.69) is 41.5 Å². The zero-order valence-corrected chi connectivity index (χ0v) is 11.7. The lowest BCUT2D eigenvalue weighted by atomic mass is 10.0. The number of hydrazine groups is 1. The van der Waals surface area contributed by atoms with Gasteiger partial charge in [-0.2, -0.15) is 0 Å². The normalized spacial score (nSPS) is 10.7. The number of nitrogens with two attached hydrogens (primary N) is 1. The van der Waals surface area contributed by atoms with Gasteiger partial charge >= 0.3 is 0 Å². The monoisotopic (exact) mass is 251 g/mol. The van der Waals surface area contributed by atoms with Crippen molar-refractivity contribution in [2.75, 3.05) is 17.3 Å². The van der Waals surface area contributed by atoms with Gasteiger partial charge in [-0.05, 0) is 12.3 Å². The molecule has 0 atom stereocenters. The van der Waals surface area contributed by atoms with Crippen LogP contribution in [0.2, 0.25) is 0 Å². The van der Waals surface area contributed by atoms with E-state index in [0.717, 1.165) is 36.6 Å². The molecule has 0 aliphatic rings. The molecule has 5 nitrogen and oxygen atoms in total. The molecule has 0 saturated heterocycles. The summed E-state index contributed by atoms with van der Waals surface area (Å²) < 4.78 is 0. The summed E-state index contributed by atoms with van der Waals surface area (Å²) in [5.41, 5.74) is 3.72. The van der Waals surface area contributed by atoms with Crippen molar-refractivity contribution >= 4 is 11.6 Å². The molecule has 1 aromatic heterocycles. The predicted molar refractivity (Wildman–Crippen MR) is 76.4 cm³/mol. The molecule has 0 bridgehead atoms. The summed E-state index contributed by atoms with van der Waals surface area (Å²) in [5, 5.41) is 3.43. The Bertz CT molecular complexity index is 349. The van der Waals surface area contributed by atoms with Gasteiger partial charge in [-0.1, -0.05) is 40.0 Å².